The van der Waals surface area contributed by atoms with E-state index in [-0.39, 0.29) is 5.92 Å². The van der Waals surface area contributed by atoms with Gasteiger partial charge in [-0.3, -0.25) is 0 Å². The van der Waals surface area contributed by atoms with E-state index in [4.69, 9.17) is 34.8 Å². The second-order valence-corrected chi connectivity index (χ2v) is 5.82. The molecule has 5 heteroatoms. The lowest BCUT2D eigenvalue weighted by Crippen LogP contribution is -2.02. The van der Waals surface area contributed by atoms with E-state index in [0.717, 1.165) is 11.3 Å². The minimum atomic E-state index is 0.274. The Balaban J connectivity index is 2.62. The molecule has 0 fully saturated rings. The Labute approximate surface area is 127 Å². The number of rotatable bonds is 2. The normalized spacial score (nSPS) is 11.1. The first-order chi connectivity index (χ1) is 8.90. The fourth-order valence-electron chi connectivity index (χ4n) is 1.99. The third-order valence-electron chi connectivity index (χ3n) is 2.84. The summed E-state index contributed by atoms with van der Waals surface area (Å²) in [5.41, 5.74) is 2.51. The van der Waals surface area contributed by atoms with E-state index in [9.17, 15) is 0 Å². The molecule has 0 saturated carbocycles. The molecule has 0 atom stereocenters. The number of aromatic nitrogens is 2. The van der Waals surface area contributed by atoms with E-state index in [1.165, 1.54) is 0 Å². The van der Waals surface area contributed by atoms with Crippen LogP contribution in [-0.4, -0.2) is 9.97 Å². The van der Waals surface area contributed by atoms with Gasteiger partial charge in [0.05, 0.1) is 5.02 Å². The fourth-order valence-corrected chi connectivity index (χ4v) is 2.80. The van der Waals surface area contributed by atoms with Crippen LogP contribution in [0.3, 0.4) is 0 Å². The number of aryl methyl sites for hydroxylation is 1. The molecule has 0 radical (unpaired) electrons. The maximum absolute atomic E-state index is 6.24. The molecule has 0 N–H and O–H groups in total. The molecular weight excluding hydrogens is 303 g/mol. The molecule has 0 aliphatic carbocycles. The molecule has 0 aliphatic rings. The summed E-state index contributed by atoms with van der Waals surface area (Å²) >= 11 is 18.4. The Morgan fingerprint density at radius 1 is 1.05 bits per heavy atom. The third kappa shape index (κ3) is 3.02. The first-order valence-corrected chi connectivity index (χ1v) is 7.03. The summed E-state index contributed by atoms with van der Waals surface area (Å²) in [6.07, 6.45) is 0. The molecular formula is C14H13Cl3N2. The van der Waals surface area contributed by atoms with Crippen LogP contribution in [0.1, 0.15) is 31.0 Å². The zero-order chi connectivity index (χ0) is 14.2. The highest BCUT2D eigenvalue weighted by atomic mass is 35.5. The molecule has 0 aliphatic heterocycles. The molecule has 100 valence electrons. The van der Waals surface area contributed by atoms with Crippen LogP contribution in [-0.2, 0) is 0 Å². The van der Waals surface area contributed by atoms with Crippen molar-refractivity contribution in [1.82, 2.24) is 9.97 Å². The van der Waals surface area contributed by atoms with E-state index in [2.05, 4.69) is 23.8 Å². The summed E-state index contributed by atoms with van der Waals surface area (Å²) in [4.78, 5) is 8.83. The number of hydrogen-bond acceptors (Lipinski definition) is 2. The van der Waals surface area contributed by atoms with Gasteiger partial charge in [0.25, 0.3) is 0 Å². The van der Waals surface area contributed by atoms with Gasteiger partial charge in [0.15, 0.2) is 5.82 Å². The highest BCUT2D eigenvalue weighted by Gasteiger charge is 2.15. The van der Waals surface area contributed by atoms with Gasteiger partial charge >= 0.3 is 0 Å². The predicted octanol–water partition coefficient (Wildman–Crippen LogP) is 5.54. The standard InChI is InChI=1S/C14H13Cl3N2/c1-7(2)12-8(3)18-14(19-13(12)17)10-6-9(15)4-5-11(10)16/h4-7H,1-3H3. The van der Waals surface area contributed by atoms with Crippen LogP contribution in [0.5, 0.6) is 0 Å². The lowest BCUT2D eigenvalue weighted by molar-refractivity contribution is 0.831. The molecule has 0 unspecified atom stereocenters. The lowest BCUT2D eigenvalue weighted by Gasteiger charge is -2.13. The van der Waals surface area contributed by atoms with Crippen molar-refractivity contribution in [2.75, 3.05) is 0 Å². The number of hydrogen-bond donors (Lipinski definition) is 0. The van der Waals surface area contributed by atoms with Gasteiger partial charge in [-0.05, 0) is 31.0 Å². The Bertz CT molecular complexity index is 601. The SMILES string of the molecule is Cc1nc(-c2cc(Cl)ccc2Cl)nc(Cl)c1C(C)C. The largest absolute Gasteiger partial charge is 0.233 e. The molecule has 0 bridgehead atoms. The van der Waals surface area contributed by atoms with Gasteiger partial charge in [0.1, 0.15) is 5.15 Å². The van der Waals surface area contributed by atoms with Gasteiger partial charge in [-0.15, -0.1) is 0 Å². The van der Waals surface area contributed by atoms with Crippen molar-refractivity contribution in [1.29, 1.82) is 0 Å². The molecule has 0 amide bonds. The number of benzene rings is 1. The topological polar surface area (TPSA) is 25.8 Å². The van der Waals surface area contributed by atoms with Crippen LogP contribution in [0.2, 0.25) is 15.2 Å². The average molecular weight is 316 g/mol. The fraction of sp³-hybridized carbons (Fsp3) is 0.286. The summed E-state index contributed by atoms with van der Waals surface area (Å²) < 4.78 is 0. The summed E-state index contributed by atoms with van der Waals surface area (Å²) in [7, 11) is 0. The molecule has 1 aromatic heterocycles. The number of nitrogens with zero attached hydrogens (tertiary/aromatic N) is 2. The van der Waals surface area contributed by atoms with E-state index >= 15 is 0 Å². The van der Waals surface area contributed by atoms with E-state index < -0.39 is 0 Å². The Kier molecular flexibility index (Phi) is 4.34. The zero-order valence-electron chi connectivity index (χ0n) is 10.8. The average Bonchev–Trinajstić information content (AvgIpc) is 2.30. The highest BCUT2D eigenvalue weighted by molar-refractivity contribution is 6.35. The van der Waals surface area contributed by atoms with Crippen molar-refractivity contribution in [2.24, 2.45) is 0 Å². The minimum Gasteiger partial charge on any atom is -0.233 e. The quantitative estimate of drug-likeness (QED) is 0.680. The highest BCUT2D eigenvalue weighted by Crippen LogP contribution is 2.32. The van der Waals surface area contributed by atoms with Crippen LogP contribution < -0.4 is 0 Å². The Morgan fingerprint density at radius 3 is 2.32 bits per heavy atom. The first-order valence-electron chi connectivity index (χ1n) is 5.89. The van der Waals surface area contributed by atoms with E-state index in [0.29, 0.717) is 26.6 Å². The van der Waals surface area contributed by atoms with E-state index in [1.807, 2.05) is 6.92 Å². The van der Waals surface area contributed by atoms with E-state index in [1.54, 1.807) is 18.2 Å². The van der Waals surface area contributed by atoms with Crippen molar-refractivity contribution in [3.8, 4) is 11.4 Å². The molecule has 0 spiro atoms. The van der Waals surface area contributed by atoms with Gasteiger partial charge < -0.3 is 0 Å². The van der Waals surface area contributed by atoms with Crippen molar-refractivity contribution in [3.63, 3.8) is 0 Å². The molecule has 1 aromatic carbocycles. The van der Waals surface area contributed by atoms with Gasteiger partial charge in [-0.1, -0.05) is 48.7 Å². The van der Waals surface area contributed by atoms with Crippen LogP contribution >= 0.6 is 34.8 Å². The summed E-state index contributed by atoms with van der Waals surface area (Å²) in [6, 6.07) is 5.19. The molecule has 19 heavy (non-hydrogen) atoms. The molecule has 0 saturated heterocycles. The summed E-state index contributed by atoms with van der Waals surface area (Å²) in [6.45, 7) is 6.04. The van der Waals surface area contributed by atoms with Gasteiger partial charge in [0.2, 0.25) is 0 Å². The Hall–Kier alpha value is -0.830. The van der Waals surface area contributed by atoms with Crippen LogP contribution in [0.4, 0.5) is 0 Å². The second-order valence-electron chi connectivity index (χ2n) is 4.62. The zero-order valence-corrected chi connectivity index (χ0v) is 13.1. The van der Waals surface area contributed by atoms with Gasteiger partial charge in [-0.25, -0.2) is 9.97 Å². The lowest BCUT2D eigenvalue weighted by atomic mass is 10.0. The summed E-state index contributed by atoms with van der Waals surface area (Å²) in [5.74, 6) is 0.774. The second kappa shape index (κ2) is 5.66. The summed E-state index contributed by atoms with van der Waals surface area (Å²) in [5, 5.41) is 1.61. The van der Waals surface area contributed by atoms with Crippen LogP contribution in [0, 0.1) is 6.92 Å². The smallest absolute Gasteiger partial charge is 0.162 e. The first kappa shape index (κ1) is 14.6. The molecule has 2 rings (SSSR count). The van der Waals surface area contributed by atoms with Gasteiger partial charge in [0, 0.05) is 21.8 Å². The number of halogens is 3. The van der Waals surface area contributed by atoms with Crippen LogP contribution in [0.15, 0.2) is 18.2 Å². The van der Waals surface area contributed by atoms with Crippen molar-refractivity contribution in [2.45, 2.75) is 26.7 Å². The third-order valence-corrected chi connectivity index (χ3v) is 3.69. The van der Waals surface area contributed by atoms with Crippen molar-refractivity contribution in [3.05, 3.63) is 44.7 Å². The molecule has 1 heterocycles. The molecule has 2 nitrogen and oxygen atoms in total. The minimum absolute atomic E-state index is 0.274. The van der Waals surface area contributed by atoms with Crippen molar-refractivity contribution >= 4 is 34.8 Å². The maximum atomic E-state index is 6.24. The van der Waals surface area contributed by atoms with Crippen LogP contribution in [0.25, 0.3) is 11.4 Å². The predicted molar refractivity (Wildman–Crippen MR) is 81.3 cm³/mol. The van der Waals surface area contributed by atoms with Crippen molar-refractivity contribution < 1.29 is 0 Å². The Morgan fingerprint density at radius 2 is 1.74 bits per heavy atom. The van der Waals surface area contributed by atoms with Gasteiger partial charge in [-0.2, -0.15) is 0 Å². The maximum Gasteiger partial charge on any atom is 0.162 e. The monoisotopic (exact) mass is 314 g/mol. The molecule has 2 aromatic rings.